The molecule has 2 N–H and O–H groups in total. The van der Waals surface area contributed by atoms with Crippen molar-refractivity contribution in [1.29, 1.82) is 0 Å². The van der Waals surface area contributed by atoms with Crippen LogP contribution in [-0.2, 0) is 7.05 Å². The van der Waals surface area contributed by atoms with Crippen LogP contribution >= 0.6 is 0 Å². The van der Waals surface area contributed by atoms with Crippen LogP contribution in [0.1, 0.15) is 27.5 Å². The number of rotatable bonds is 4. The van der Waals surface area contributed by atoms with Crippen molar-refractivity contribution >= 4 is 5.91 Å². The van der Waals surface area contributed by atoms with Crippen LogP contribution in [-0.4, -0.2) is 15.5 Å². The summed E-state index contributed by atoms with van der Waals surface area (Å²) in [5, 5.41) is 2.88. The second-order valence-electron chi connectivity index (χ2n) is 5.60. The highest BCUT2D eigenvalue weighted by Crippen LogP contribution is 2.21. The second kappa shape index (κ2) is 7.00. The molecule has 0 atom stereocenters. The molecule has 0 aliphatic carbocycles. The molecule has 0 aliphatic rings. The van der Waals surface area contributed by atoms with Gasteiger partial charge in [-0.3, -0.25) is 14.2 Å². The van der Waals surface area contributed by atoms with Gasteiger partial charge in [-0.15, -0.1) is 0 Å². The predicted molar refractivity (Wildman–Crippen MR) is 94.5 cm³/mol. The fourth-order valence-corrected chi connectivity index (χ4v) is 2.59. The number of aromatic amines is 1. The molecule has 0 fully saturated rings. The van der Waals surface area contributed by atoms with E-state index in [1.54, 1.807) is 0 Å². The molecule has 0 saturated heterocycles. The Hall–Kier alpha value is -3.41. The summed E-state index contributed by atoms with van der Waals surface area (Å²) in [6, 6.07) is 18.5. The minimum atomic E-state index is -0.638. The van der Waals surface area contributed by atoms with Crippen LogP contribution < -0.4 is 16.6 Å². The van der Waals surface area contributed by atoms with Crippen LogP contribution in [0.25, 0.3) is 0 Å². The fourth-order valence-electron chi connectivity index (χ4n) is 2.59. The zero-order valence-corrected chi connectivity index (χ0v) is 13.6. The van der Waals surface area contributed by atoms with E-state index in [1.807, 2.05) is 60.7 Å². The first-order valence-electron chi connectivity index (χ1n) is 7.77. The van der Waals surface area contributed by atoms with Crippen LogP contribution in [0.4, 0.5) is 0 Å². The third-order valence-electron chi connectivity index (χ3n) is 3.97. The topological polar surface area (TPSA) is 84.0 Å². The Morgan fingerprint density at radius 1 is 0.960 bits per heavy atom. The summed E-state index contributed by atoms with van der Waals surface area (Å²) in [7, 11) is 1.32. The molecule has 6 heteroatoms. The minimum absolute atomic E-state index is 0.112. The maximum absolute atomic E-state index is 12.6. The van der Waals surface area contributed by atoms with Gasteiger partial charge in [-0.2, -0.15) is 0 Å². The molecule has 2 aromatic carbocycles. The van der Waals surface area contributed by atoms with Crippen molar-refractivity contribution < 1.29 is 4.79 Å². The van der Waals surface area contributed by atoms with Crippen LogP contribution in [0.3, 0.4) is 0 Å². The van der Waals surface area contributed by atoms with Crippen LogP contribution in [0.15, 0.2) is 76.4 Å². The molecule has 0 saturated carbocycles. The van der Waals surface area contributed by atoms with Crippen LogP contribution in [0, 0.1) is 0 Å². The summed E-state index contributed by atoms with van der Waals surface area (Å²) in [6.07, 6.45) is 1.15. The molecule has 3 aromatic rings. The Bertz CT molecular complexity index is 952. The Morgan fingerprint density at radius 3 is 2.00 bits per heavy atom. The standard InChI is InChI=1S/C19H17N3O3/c1-22-18(24)15(12-20-19(22)25)17(23)21-16(13-8-4-2-5-9-13)14-10-6-3-7-11-14/h2-12,16H,1H3,(H,20,25)(H,21,23). The van der Waals surface area contributed by atoms with Gasteiger partial charge in [0.25, 0.3) is 11.5 Å². The first-order valence-corrected chi connectivity index (χ1v) is 7.77. The van der Waals surface area contributed by atoms with Gasteiger partial charge in [-0.1, -0.05) is 60.7 Å². The number of nitrogens with one attached hydrogen (secondary N) is 2. The van der Waals surface area contributed by atoms with E-state index in [9.17, 15) is 14.4 Å². The zero-order valence-electron chi connectivity index (χ0n) is 13.6. The van der Waals surface area contributed by atoms with E-state index in [2.05, 4.69) is 10.3 Å². The summed E-state index contributed by atoms with van der Waals surface area (Å²) < 4.78 is 0.870. The first-order chi connectivity index (χ1) is 12.1. The van der Waals surface area contributed by atoms with Crippen molar-refractivity contribution in [2.45, 2.75) is 6.04 Å². The Balaban J connectivity index is 1.99. The van der Waals surface area contributed by atoms with Gasteiger partial charge in [0.2, 0.25) is 0 Å². The van der Waals surface area contributed by atoms with Crippen molar-refractivity contribution in [1.82, 2.24) is 14.9 Å². The molecule has 0 unspecified atom stereocenters. The second-order valence-corrected chi connectivity index (χ2v) is 5.60. The van der Waals surface area contributed by atoms with E-state index in [0.717, 1.165) is 21.9 Å². The molecule has 25 heavy (non-hydrogen) atoms. The lowest BCUT2D eigenvalue weighted by atomic mass is 9.98. The molecule has 126 valence electrons. The smallest absolute Gasteiger partial charge is 0.328 e. The van der Waals surface area contributed by atoms with E-state index in [4.69, 9.17) is 0 Å². The maximum Gasteiger partial charge on any atom is 0.328 e. The summed E-state index contributed by atoms with van der Waals surface area (Å²) in [6.45, 7) is 0. The highest BCUT2D eigenvalue weighted by atomic mass is 16.2. The third-order valence-corrected chi connectivity index (χ3v) is 3.97. The number of hydrogen-bond acceptors (Lipinski definition) is 3. The van der Waals surface area contributed by atoms with Crippen molar-refractivity contribution in [2.75, 3.05) is 0 Å². The van der Waals surface area contributed by atoms with E-state index in [1.165, 1.54) is 7.05 Å². The molecule has 0 spiro atoms. The summed E-state index contributed by atoms with van der Waals surface area (Å²) in [4.78, 5) is 38.7. The number of nitrogens with zero attached hydrogens (tertiary/aromatic N) is 1. The van der Waals surface area contributed by atoms with E-state index < -0.39 is 23.2 Å². The molecule has 1 aromatic heterocycles. The lowest BCUT2D eigenvalue weighted by Gasteiger charge is -2.19. The normalized spacial score (nSPS) is 10.6. The van der Waals surface area contributed by atoms with Gasteiger partial charge in [0.1, 0.15) is 5.56 Å². The average Bonchev–Trinajstić information content (AvgIpc) is 2.65. The van der Waals surface area contributed by atoms with Gasteiger partial charge in [-0.05, 0) is 11.1 Å². The Labute approximate surface area is 143 Å². The Morgan fingerprint density at radius 2 is 1.48 bits per heavy atom. The van der Waals surface area contributed by atoms with E-state index in [-0.39, 0.29) is 5.56 Å². The molecule has 0 bridgehead atoms. The molecule has 1 heterocycles. The number of carbonyl (C=O) groups is 1. The van der Waals surface area contributed by atoms with E-state index >= 15 is 0 Å². The lowest BCUT2D eigenvalue weighted by Crippen LogP contribution is -2.40. The summed E-state index contributed by atoms with van der Waals surface area (Å²) >= 11 is 0. The van der Waals surface area contributed by atoms with Gasteiger partial charge in [0.15, 0.2) is 0 Å². The molecular weight excluding hydrogens is 318 g/mol. The zero-order chi connectivity index (χ0) is 17.8. The first kappa shape index (κ1) is 16.4. The number of amides is 1. The van der Waals surface area contributed by atoms with Gasteiger partial charge in [-0.25, -0.2) is 4.79 Å². The van der Waals surface area contributed by atoms with Gasteiger partial charge in [0.05, 0.1) is 6.04 Å². The fraction of sp³-hybridized carbons (Fsp3) is 0.105. The van der Waals surface area contributed by atoms with Gasteiger partial charge < -0.3 is 10.3 Å². The number of H-pyrrole nitrogens is 1. The number of carbonyl (C=O) groups excluding carboxylic acids is 1. The lowest BCUT2D eigenvalue weighted by molar-refractivity contribution is 0.0940. The van der Waals surface area contributed by atoms with Crippen molar-refractivity contribution in [3.8, 4) is 0 Å². The molecule has 0 radical (unpaired) electrons. The highest BCUT2D eigenvalue weighted by Gasteiger charge is 2.20. The molecular formula is C19H17N3O3. The largest absolute Gasteiger partial charge is 0.341 e. The van der Waals surface area contributed by atoms with Crippen molar-refractivity contribution in [3.05, 3.63) is 104 Å². The van der Waals surface area contributed by atoms with Crippen LogP contribution in [0.2, 0.25) is 0 Å². The van der Waals surface area contributed by atoms with Crippen molar-refractivity contribution in [2.24, 2.45) is 7.05 Å². The molecule has 3 rings (SSSR count). The third kappa shape index (κ3) is 3.42. The highest BCUT2D eigenvalue weighted by molar-refractivity contribution is 5.94. The van der Waals surface area contributed by atoms with Crippen molar-refractivity contribution in [3.63, 3.8) is 0 Å². The van der Waals surface area contributed by atoms with Gasteiger partial charge >= 0.3 is 5.69 Å². The quantitative estimate of drug-likeness (QED) is 0.759. The number of hydrogen-bond donors (Lipinski definition) is 2. The maximum atomic E-state index is 12.6. The molecule has 6 nitrogen and oxygen atoms in total. The number of benzene rings is 2. The van der Waals surface area contributed by atoms with E-state index in [0.29, 0.717) is 0 Å². The van der Waals surface area contributed by atoms with Crippen LogP contribution in [0.5, 0.6) is 0 Å². The van der Waals surface area contributed by atoms with Gasteiger partial charge in [0, 0.05) is 13.2 Å². The monoisotopic (exact) mass is 335 g/mol. The summed E-state index contributed by atoms with van der Waals surface area (Å²) in [5.41, 5.74) is 0.468. The minimum Gasteiger partial charge on any atom is -0.341 e. The molecule has 1 amide bonds. The Kier molecular flexibility index (Phi) is 4.61. The summed E-state index contributed by atoms with van der Waals surface area (Å²) in [5.74, 6) is -0.547. The average molecular weight is 335 g/mol. The number of aromatic nitrogens is 2. The SMILES string of the molecule is Cn1c(=O)[nH]cc(C(=O)NC(c2ccccc2)c2ccccc2)c1=O. The molecule has 0 aliphatic heterocycles. The predicted octanol–water partition coefficient (Wildman–Crippen LogP) is 1.59.